The number of aromatic nitrogens is 5. The second-order valence-electron chi connectivity index (χ2n) is 4.67. The molecule has 0 amide bonds. The van der Waals surface area contributed by atoms with Crippen LogP contribution in [0.5, 0.6) is 0 Å². The highest BCUT2D eigenvalue weighted by molar-refractivity contribution is 5.79. The van der Waals surface area contributed by atoms with Crippen LogP contribution >= 0.6 is 0 Å². The van der Waals surface area contributed by atoms with Gasteiger partial charge in [0.25, 0.3) is 0 Å². The summed E-state index contributed by atoms with van der Waals surface area (Å²) < 4.78 is 6.99. The lowest BCUT2D eigenvalue weighted by Gasteiger charge is -2.03. The van der Waals surface area contributed by atoms with Crippen molar-refractivity contribution in [1.82, 2.24) is 24.7 Å². The maximum Gasteiger partial charge on any atom is 0.158 e. The number of methoxy groups -OCH3 is 1. The van der Waals surface area contributed by atoms with Crippen LogP contribution < -0.4 is 0 Å². The summed E-state index contributed by atoms with van der Waals surface area (Å²) in [6, 6.07) is 5.97. The van der Waals surface area contributed by atoms with Gasteiger partial charge < -0.3 is 4.74 Å². The normalized spacial score (nSPS) is 11.1. The number of ether oxygens (including phenoxy) is 1. The highest BCUT2D eigenvalue weighted by Gasteiger charge is 2.11. The van der Waals surface area contributed by atoms with Gasteiger partial charge >= 0.3 is 0 Å². The maximum absolute atomic E-state index is 5.08. The first kappa shape index (κ1) is 13.6. The fourth-order valence-electron chi connectivity index (χ4n) is 2.22. The summed E-state index contributed by atoms with van der Waals surface area (Å²) >= 11 is 0. The van der Waals surface area contributed by atoms with Crippen molar-refractivity contribution in [3.63, 3.8) is 0 Å². The van der Waals surface area contributed by atoms with Crippen molar-refractivity contribution in [2.75, 3.05) is 13.7 Å². The van der Waals surface area contributed by atoms with E-state index in [1.807, 2.05) is 22.9 Å². The van der Waals surface area contributed by atoms with Gasteiger partial charge in [-0.15, -0.1) is 0 Å². The molecule has 0 radical (unpaired) electrons. The third kappa shape index (κ3) is 2.75. The number of fused-ring (bicyclic) bond motifs is 1. The highest BCUT2D eigenvalue weighted by Crippen LogP contribution is 2.21. The fourth-order valence-corrected chi connectivity index (χ4v) is 2.22. The summed E-state index contributed by atoms with van der Waals surface area (Å²) in [7, 11) is 1.68. The maximum atomic E-state index is 5.08. The second kappa shape index (κ2) is 5.97. The molecule has 0 aliphatic rings. The van der Waals surface area contributed by atoms with E-state index in [1.165, 1.54) is 0 Å². The number of benzene rings is 1. The molecule has 0 atom stereocenters. The standard InChI is InChI=1S/C15H17N5O/c1-3-20-15(18-14(19-20)6-9-21-2)11-4-5-12-13(10-11)17-8-7-16-12/h4-5,7-8,10H,3,6,9H2,1-2H3. The third-order valence-corrected chi connectivity index (χ3v) is 3.27. The molecule has 1 aromatic carbocycles. The van der Waals surface area contributed by atoms with Gasteiger partial charge in [0, 0.05) is 38.0 Å². The smallest absolute Gasteiger partial charge is 0.158 e. The average molecular weight is 283 g/mol. The Balaban J connectivity index is 2.02. The lowest BCUT2D eigenvalue weighted by molar-refractivity contribution is 0.200. The van der Waals surface area contributed by atoms with Gasteiger partial charge in [0.05, 0.1) is 17.6 Å². The first-order valence-corrected chi connectivity index (χ1v) is 6.95. The quantitative estimate of drug-likeness (QED) is 0.717. The number of rotatable bonds is 5. The Kier molecular flexibility index (Phi) is 3.87. The average Bonchev–Trinajstić information content (AvgIpc) is 2.95. The summed E-state index contributed by atoms with van der Waals surface area (Å²) in [5, 5.41) is 4.51. The minimum Gasteiger partial charge on any atom is -0.384 e. The van der Waals surface area contributed by atoms with Gasteiger partial charge in [-0.2, -0.15) is 5.10 Å². The molecule has 21 heavy (non-hydrogen) atoms. The highest BCUT2D eigenvalue weighted by atomic mass is 16.5. The predicted molar refractivity (Wildman–Crippen MR) is 79.8 cm³/mol. The monoisotopic (exact) mass is 283 g/mol. The van der Waals surface area contributed by atoms with Crippen LogP contribution in [0.1, 0.15) is 12.7 Å². The fraction of sp³-hybridized carbons (Fsp3) is 0.333. The van der Waals surface area contributed by atoms with Crippen LogP contribution in [0.15, 0.2) is 30.6 Å². The minimum atomic E-state index is 0.621. The largest absolute Gasteiger partial charge is 0.384 e. The number of hydrogen-bond donors (Lipinski definition) is 0. The lowest BCUT2D eigenvalue weighted by atomic mass is 10.2. The molecule has 0 saturated heterocycles. The van der Waals surface area contributed by atoms with Gasteiger partial charge in [0.2, 0.25) is 0 Å². The summed E-state index contributed by atoms with van der Waals surface area (Å²) in [5.41, 5.74) is 2.74. The molecule has 0 spiro atoms. The lowest BCUT2D eigenvalue weighted by Crippen LogP contribution is -2.01. The van der Waals surface area contributed by atoms with E-state index in [9.17, 15) is 0 Å². The van der Waals surface area contributed by atoms with Crippen molar-refractivity contribution in [2.24, 2.45) is 0 Å². The Bertz CT molecular complexity index is 753. The third-order valence-electron chi connectivity index (χ3n) is 3.27. The van der Waals surface area contributed by atoms with Crippen LogP contribution in [0.3, 0.4) is 0 Å². The number of nitrogens with zero attached hydrogens (tertiary/aromatic N) is 5. The van der Waals surface area contributed by atoms with Crippen molar-refractivity contribution in [1.29, 1.82) is 0 Å². The second-order valence-corrected chi connectivity index (χ2v) is 4.67. The van der Waals surface area contributed by atoms with Crippen LogP contribution in [0.4, 0.5) is 0 Å². The van der Waals surface area contributed by atoms with E-state index in [0.717, 1.165) is 34.8 Å². The van der Waals surface area contributed by atoms with Gasteiger partial charge in [0.15, 0.2) is 11.6 Å². The molecule has 108 valence electrons. The summed E-state index contributed by atoms with van der Waals surface area (Å²) in [4.78, 5) is 13.2. The van der Waals surface area contributed by atoms with Crippen molar-refractivity contribution < 1.29 is 4.74 Å². The van der Waals surface area contributed by atoms with E-state index in [2.05, 4.69) is 27.0 Å². The number of aryl methyl sites for hydroxylation is 1. The molecule has 0 bridgehead atoms. The Hall–Kier alpha value is -2.34. The topological polar surface area (TPSA) is 65.7 Å². The van der Waals surface area contributed by atoms with Gasteiger partial charge in [-0.1, -0.05) is 0 Å². The summed E-state index contributed by atoms with van der Waals surface area (Å²) in [5.74, 6) is 1.66. The summed E-state index contributed by atoms with van der Waals surface area (Å²) in [6.07, 6.45) is 4.10. The molecule has 0 unspecified atom stereocenters. The molecule has 6 heteroatoms. The minimum absolute atomic E-state index is 0.621. The van der Waals surface area contributed by atoms with Crippen LogP contribution in [-0.4, -0.2) is 38.4 Å². The molecule has 3 rings (SSSR count). The van der Waals surface area contributed by atoms with E-state index < -0.39 is 0 Å². The van der Waals surface area contributed by atoms with Crippen LogP contribution in [-0.2, 0) is 17.7 Å². The van der Waals surface area contributed by atoms with E-state index in [-0.39, 0.29) is 0 Å². The molecule has 0 aliphatic carbocycles. The van der Waals surface area contributed by atoms with E-state index in [4.69, 9.17) is 4.74 Å². The summed E-state index contributed by atoms with van der Waals surface area (Å²) in [6.45, 7) is 3.45. The first-order chi connectivity index (χ1) is 10.3. The zero-order valence-electron chi connectivity index (χ0n) is 12.2. The van der Waals surface area contributed by atoms with E-state index in [0.29, 0.717) is 13.0 Å². The zero-order chi connectivity index (χ0) is 14.7. The zero-order valence-corrected chi connectivity index (χ0v) is 12.2. The van der Waals surface area contributed by atoms with Gasteiger partial charge in [-0.3, -0.25) is 9.97 Å². The molecular weight excluding hydrogens is 266 g/mol. The van der Waals surface area contributed by atoms with Crippen molar-refractivity contribution in [3.05, 3.63) is 36.4 Å². The number of hydrogen-bond acceptors (Lipinski definition) is 5. The molecule has 0 aliphatic heterocycles. The Morgan fingerprint density at radius 1 is 1.14 bits per heavy atom. The van der Waals surface area contributed by atoms with Crippen molar-refractivity contribution in [2.45, 2.75) is 19.9 Å². The van der Waals surface area contributed by atoms with Crippen molar-refractivity contribution >= 4 is 11.0 Å². The SMILES string of the molecule is CCn1nc(CCOC)nc1-c1ccc2nccnc2c1. The molecule has 0 fully saturated rings. The van der Waals surface area contributed by atoms with Crippen LogP contribution in [0, 0.1) is 0 Å². The Morgan fingerprint density at radius 3 is 2.71 bits per heavy atom. The molecule has 0 saturated carbocycles. The predicted octanol–water partition coefficient (Wildman–Crippen LogP) is 2.10. The van der Waals surface area contributed by atoms with Crippen LogP contribution in [0.25, 0.3) is 22.4 Å². The van der Waals surface area contributed by atoms with Gasteiger partial charge in [0.1, 0.15) is 0 Å². The van der Waals surface area contributed by atoms with Crippen molar-refractivity contribution in [3.8, 4) is 11.4 Å². The van der Waals surface area contributed by atoms with Gasteiger partial charge in [-0.05, 0) is 25.1 Å². The first-order valence-electron chi connectivity index (χ1n) is 6.95. The molecule has 0 N–H and O–H groups in total. The molecule has 2 heterocycles. The Labute approximate surface area is 122 Å². The molecule has 6 nitrogen and oxygen atoms in total. The van der Waals surface area contributed by atoms with E-state index in [1.54, 1.807) is 19.5 Å². The molecule has 3 aromatic rings. The van der Waals surface area contributed by atoms with Crippen LogP contribution in [0.2, 0.25) is 0 Å². The molecule has 2 aromatic heterocycles. The van der Waals surface area contributed by atoms with E-state index >= 15 is 0 Å². The van der Waals surface area contributed by atoms with Gasteiger partial charge in [-0.25, -0.2) is 9.67 Å². The molecular formula is C15H17N5O. The Morgan fingerprint density at radius 2 is 1.95 bits per heavy atom.